The maximum Gasteiger partial charge on any atom is 0.410 e. The zero-order valence-corrected chi connectivity index (χ0v) is 30.7. The third-order valence-electron chi connectivity index (χ3n) is 7.14. The Hall–Kier alpha value is -3.77. The molecule has 2 amide bonds. The van der Waals surface area contributed by atoms with E-state index in [1.165, 1.54) is 0 Å². The quantitative estimate of drug-likeness (QED) is 0.134. The fourth-order valence-corrected chi connectivity index (χ4v) is 5.90. The Balaban J connectivity index is 1.41. The predicted molar refractivity (Wildman–Crippen MR) is 194 cm³/mol. The van der Waals surface area contributed by atoms with Gasteiger partial charge in [-0.1, -0.05) is 45.0 Å². The Bertz CT molecular complexity index is 1730. The van der Waals surface area contributed by atoms with Gasteiger partial charge in [-0.25, -0.2) is 19.2 Å². The van der Waals surface area contributed by atoms with Crippen molar-refractivity contribution in [2.24, 2.45) is 5.41 Å². The molecule has 1 unspecified atom stereocenters. The molecule has 47 heavy (non-hydrogen) atoms. The lowest BCUT2D eigenvalue weighted by molar-refractivity contribution is -0.123. The van der Waals surface area contributed by atoms with Gasteiger partial charge in [-0.2, -0.15) is 5.10 Å². The molecule has 0 bridgehead atoms. The number of rotatable bonds is 9. The minimum atomic E-state index is -0.603. The van der Waals surface area contributed by atoms with Gasteiger partial charge in [0.15, 0.2) is 12.4 Å². The predicted octanol–water partition coefficient (Wildman–Crippen LogP) is 7.38. The van der Waals surface area contributed by atoms with E-state index >= 15 is 0 Å². The van der Waals surface area contributed by atoms with Crippen molar-refractivity contribution < 1.29 is 19.1 Å². The second kappa shape index (κ2) is 14.6. The van der Waals surface area contributed by atoms with Crippen LogP contribution in [0.5, 0.6) is 5.75 Å². The van der Waals surface area contributed by atoms with Gasteiger partial charge in [0.2, 0.25) is 0 Å². The van der Waals surface area contributed by atoms with Crippen molar-refractivity contribution in [3.05, 3.63) is 72.2 Å². The Morgan fingerprint density at radius 3 is 2.45 bits per heavy atom. The third kappa shape index (κ3) is 9.63. The molecule has 4 aromatic rings. The highest BCUT2D eigenvalue weighted by Gasteiger charge is 2.29. The highest BCUT2D eigenvalue weighted by atomic mass is 127. The summed E-state index contributed by atoms with van der Waals surface area (Å²) in [5.74, 6) is 1.49. The highest BCUT2D eigenvalue weighted by Crippen LogP contribution is 2.32. The summed E-state index contributed by atoms with van der Waals surface area (Å²) >= 11 is 2.30. The maximum absolute atomic E-state index is 13.0. The number of hydrogen-bond acceptors (Lipinski definition) is 8. The number of halogens is 1. The van der Waals surface area contributed by atoms with Crippen molar-refractivity contribution >= 4 is 51.9 Å². The Morgan fingerprint density at radius 2 is 1.77 bits per heavy atom. The number of carbonyl (C=O) groups excluding carboxylic acids is 2. The normalized spacial score (nSPS) is 13.4. The van der Waals surface area contributed by atoms with Crippen LogP contribution in [0, 0.1) is 5.41 Å². The first-order valence-corrected chi connectivity index (χ1v) is 19.5. The molecule has 11 nitrogen and oxygen atoms in total. The van der Waals surface area contributed by atoms with Crippen molar-refractivity contribution in [3.63, 3.8) is 0 Å². The highest BCUT2D eigenvalue weighted by molar-refractivity contribution is 14.2. The maximum atomic E-state index is 13.0. The van der Waals surface area contributed by atoms with Gasteiger partial charge in [-0.15, -0.1) is 0 Å². The molecule has 3 heterocycles. The molecule has 2 aromatic carbocycles. The van der Waals surface area contributed by atoms with E-state index < -0.39 is 5.60 Å². The number of nitrogens with zero attached hydrogens (tertiary/aromatic N) is 5. The third-order valence-corrected chi connectivity index (χ3v) is 9.04. The summed E-state index contributed by atoms with van der Waals surface area (Å²) < 4.78 is 13.4. The van der Waals surface area contributed by atoms with E-state index in [9.17, 15) is 9.59 Å². The van der Waals surface area contributed by atoms with Crippen molar-refractivity contribution in [2.75, 3.05) is 25.0 Å². The van der Waals surface area contributed by atoms with Crippen molar-refractivity contribution in [2.45, 2.75) is 60.1 Å². The lowest BCUT2D eigenvalue weighted by Crippen LogP contribution is -2.40. The van der Waals surface area contributed by atoms with Gasteiger partial charge < -0.3 is 25.0 Å². The Kier molecular flexibility index (Phi) is 10.7. The summed E-state index contributed by atoms with van der Waals surface area (Å²) in [6, 6.07) is 15.5. The minimum Gasteiger partial charge on any atom is -0.484 e. The molecule has 2 aromatic heterocycles. The van der Waals surface area contributed by atoms with Gasteiger partial charge in [0.25, 0.3) is 5.91 Å². The van der Waals surface area contributed by atoms with E-state index in [1.54, 1.807) is 4.90 Å². The molecule has 1 aliphatic rings. The fraction of sp³-hybridized carbons (Fsp3) is 0.382. The van der Waals surface area contributed by atoms with Gasteiger partial charge in [-0.3, -0.25) is 4.79 Å². The zero-order chi connectivity index (χ0) is 33.8. The number of benzene rings is 2. The number of carbonyl (C=O) groups is 2. The second-order valence-electron chi connectivity index (χ2n) is 13.6. The van der Waals surface area contributed by atoms with Crippen LogP contribution in [0.2, 0.25) is 0 Å². The smallest absolute Gasteiger partial charge is 0.410 e. The summed E-state index contributed by atoms with van der Waals surface area (Å²) in [5, 5.41) is 10.8. The summed E-state index contributed by atoms with van der Waals surface area (Å²) in [4.78, 5) is 36.9. The molecule has 5 rings (SSSR count). The number of ether oxygens (including phenoxy) is 2. The van der Waals surface area contributed by atoms with Crippen LogP contribution in [0.4, 0.5) is 16.3 Å². The molecule has 0 spiro atoms. The summed E-state index contributed by atoms with van der Waals surface area (Å²) in [5.41, 5.74) is 4.77. The Morgan fingerprint density at radius 1 is 1.00 bits per heavy atom. The molecule has 0 saturated carbocycles. The van der Waals surface area contributed by atoms with E-state index in [0.29, 0.717) is 49.8 Å². The van der Waals surface area contributed by atoms with Crippen LogP contribution in [0.3, 0.4) is 0 Å². The monoisotopic (exact) mass is 769 g/mol. The van der Waals surface area contributed by atoms with Crippen LogP contribution in [0.1, 0.15) is 52.8 Å². The standard InChI is InChI=1S/C34H41IN7O4P/c1-33(2,3)21-36-29(43)20-45-26-9-7-8-23(16-26)30-39-28-14-15-41(32(44)46-34(4,5)6)19-27(28)31(40-30)38-25-12-10-22(11-13-25)24-17-37-42(18-24)47-35/h7-13,16-18,47H,14-15,19-21H2,1-6H3,(H,36,43)(H,38,39,40). The molecule has 1 atom stereocenters. The average molecular weight is 770 g/mol. The summed E-state index contributed by atoms with van der Waals surface area (Å²) in [6.45, 7) is 13.0. The Labute approximate surface area is 290 Å². The molecule has 0 saturated heterocycles. The molecule has 0 radical (unpaired) electrons. The number of fused-ring (bicyclic) bond motifs is 1. The first kappa shape index (κ1) is 34.6. The molecular formula is C34H41IN7O4P. The number of anilines is 2. The van der Waals surface area contributed by atoms with E-state index in [2.05, 4.69) is 58.5 Å². The number of aromatic nitrogens is 4. The van der Waals surface area contributed by atoms with Crippen LogP contribution in [-0.2, 0) is 22.5 Å². The van der Waals surface area contributed by atoms with E-state index in [1.807, 2.05) is 86.1 Å². The fourth-order valence-electron chi connectivity index (χ4n) is 4.82. The first-order chi connectivity index (χ1) is 22.3. The SMILES string of the molecule is CC(C)(C)CNC(=O)COc1cccc(-c2nc3c(c(Nc4ccc(-c5cnn(PI)c5)cc4)n2)CN(C(=O)OC(C)(C)C)CC3)c1. The van der Waals surface area contributed by atoms with Crippen LogP contribution >= 0.6 is 28.4 Å². The molecule has 0 aliphatic carbocycles. The van der Waals surface area contributed by atoms with Gasteiger partial charge in [-0.05, 0) is 78.1 Å². The number of nitrogens with one attached hydrogen (secondary N) is 2. The average Bonchev–Trinajstić information content (AvgIpc) is 3.51. The van der Waals surface area contributed by atoms with E-state index in [0.717, 1.165) is 33.6 Å². The first-order valence-electron chi connectivity index (χ1n) is 15.4. The van der Waals surface area contributed by atoms with Gasteiger partial charge >= 0.3 is 6.09 Å². The minimum absolute atomic E-state index is 0.0178. The lowest BCUT2D eigenvalue weighted by atomic mass is 9.97. The van der Waals surface area contributed by atoms with E-state index in [-0.39, 0.29) is 24.0 Å². The molecule has 1 aliphatic heterocycles. The lowest BCUT2D eigenvalue weighted by Gasteiger charge is -2.31. The van der Waals surface area contributed by atoms with Crippen molar-refractivity contribution in [1.29, 1.82) is 0 Å². The number of amides is 2. The van der Waals surface area contributed by atoms with Gasteiger partial charge in [0, 0.05) is 48.1 Å². The van der Waals surface area contributed by atoms with Crippen LogP contribution in [0.25, 0.3) is 22.5 Å². The van der Waals surface area contributed by atoms with Crippen LogP contribution in [-0.4, -0.2) is 61.7 Å². The topological polar surface area (TPSA) is 123 Å². The molecule has 13 heteroatoms. The molecular weight excluding hydrogens is 728 g/mol. The van der Waals surface area contributed by atoms with Crippen molar-refractivity contribution in [1.82, 2.24) is 29.7 Å². The van der Waals surface area contributed by atoms with Crippen LogP contribution in [0.15, 0.2) is 60.9 Å². The summed E-state index contributed by atoms with van der Waals surface area (Å²) in [7, 11) is 0. The number of hydrogen-bond donors (Lipinski definition) is 2. The van der Waals surface area contributed by atoms with E-state index in [4.69, 9.17) is 19.4 Å². The van der Waals surface area contributed by atoms with Crippen molar-refractivity contribution in [3.8, 4) is 28.3 Å². The summed E-state index contributed by atoms with van der Waals surface area (Å²) in [6.07, 6.45) is 4.61. The largest absolute Gasteiger partial charge is 0.484 e. The molecule has 2 N–H and O–H groups in total. The van der Waals surface area contributed by atoms with Gasteiger partial charge in [0.1, 0.15) is 17.2 Å². The molecule has 248 valence electrons. The van der Waals surface area contributed by atoms with Crippen LogP contribution < -0.4 is 15.4 Å². The van der Waals surface area contributed by atoms with Gasteiger partial charge in [0.05, 0.1) is 24.8 Å². The second-order valence-corrected chi connectivity index (χ2v) is 15.7. The molecule has 0 fully saturated rings. The zero-order valence-electron chi connectivity index (χ0n) is 27.6.